The highest BCUT2D eigenvalue weighted by atomic mass is 35.5. The van der Waals surface area contributed by atoms with Crippen molar-refractivity contribution in [2.24, 2.45) is 0 Å². The number of hydrogen-bond acceptors (Lipinski definition) is 1. The molecule has 0 spiro atoms. The van der Waals surface area contributed by atoms with E-state index in [9.17, 15) is 4.39 Å². The van der Waals surface area contributed by atoms with Crippen LogP contribution in [0.1, 0.15) is 18.2 Å². The Morgan fingerprint density at radius 3 is 2.82 bits per heavy atom. The van der Waals surface area contributed by atoms with Crippen LogP contribution in [0.4, 0.5) is 4.39 Å². The molecule has 0 N–H and O–H groups in total. The second kappa shape index (κ2) is 3.67. The van der Waals surface area contributed by atoms with Gasteiger partial charge in [0.25, 0.3) is 0 Å². The summed E-state index contributed by atoms with van der Waals surface area (Å²) in [5.41, 5.74) is 1.66. The van der Waals surface area contributed by atoms with Crippen molar-refractivity contribution in [1.82, 2.24) is 4.98 Å². The molecule has 3 heteroatoms. The lowest BCUT2D eigenvalue weighted by Crippen LogP contribution is -1.96. The second-order valence-electron chi connectivity index (χ2n) is 2.23. The first kappa shape index (κ1) is 8.47. The molecule has 0 bridgehead atoms. The minimum Gasteiger partial charge on any atom is -0.225 e. The largest absolute Gasteiger partial charge is 0.225 e. The molecule has 0 unspecified atom stereocenters. The van der Waals surface area contributed by atoms with E-state index in [0.717, 1.165) is 17.7 Å². The first-order chi connectivity index (χ1) is 5.27. The molecular weight excluding hydrogens is 165 g/mol. The highest BCUT2D eigenvalue weighted by Crippen LogP contribution is 2.10. The molecule has 0 fully saturated rings. The molecule has 0 amide bonds. The zero-order chi connectivity index (χ0) is 8.27. The van der Waals surface area contributed by atoms with Gasteiger partial charge in [-0.2, -0.15) is 4.39 Å². The van der Waals surface area contributed by atoms with E-state index in [4.69, 9.17) is 11.6 Å². The van der Waals surface area contributed by atoms with Crippen LogP contribution in [0.25, 0.3) is 0 Å². The van der Waals surface area contributed by atoms with Crippen molar-refractivity contribution in [3.8, 4) is 0 Å². The third-order valence-electron chi connectivity index (χ3n) is 1.51. The normalized spacial score (nSPS) is 10.1. The monoisotopic (exact) mass is 173 g/mol. The molecule has 0 saturated carbocycles. The summed E-state index contributed by atoms with van der Waals surface area (Å²) in [5, 5.41) is 0. The standard InChI is InChI=1S/C8H9ClFN/c1-2-7-6(5-9)3-4-8(10)11-7/h3-4H,2,5H2,1H3. The third-order valence-corrected chi connectivity index (χ3v) is 1.80. The Kier molecular flexibility index (Phi) is 2.83. The molecule has 1 nitrogen and oxygen atoms in total. The predicted molar refractivity (Wildman–Crippen MR) is 43.1 cm³/mol. The Hall–Kier alpha value is -0.630. The lowest BCUT2D eigenvalue weighted by molar-refractivity contribution is 0.576. The van der Waals surface area contributed by atoms with Gasteiger partial charge in [-0.25, -0.2) is 4.98 Å². The van der Waals surface area contributed by atoms with Gasteiger partial charge in [-0.3, -0.25) is 0 Å². The molecular formula is C8H9ClFN. The van der Waals surface area contributed by atoms with Gasteiger partial charge in [0.2, 0.25) is 5.95 Å². The van der Waals surface area contributed by atoms with Crippen LogP contribution in [-0.2, 0) is 12.3 Å². The second-order valence-corrected chi connectivity index (χ2v) is 2.49. The minimum absolute atomic E-state index is 0.399. The van der Waals surface area contributed by atoms with Crippen molar-refractivity contribution < 1.29 is 4.39 Å². The summed E-state index contributed by atoms with van der Waals surface area (Å²) < 4.78 is 12.5. The molecule has 0 saturated heterocycles. The highest BCUT2D eigenvalue weighted by molar-refractivity contribution is 6.17. The van der Waals surface area contributed by atoms with E-state index in [1.165, 1.54) is 6.07 Å². The topological polar surface area (TPSA) is 12.9 Å². The predicted octanol–water partition coefficient (Wildman–Crippen LogP) is 2.52. The van der Waals surface area contributed by atoms with Gasteiger partial charge in [0.15, 0.2) is 0 Å². The van der Waals surface area contributed by atoms with E-state index in [1.807, 2.05) is 6.92 Å². The maximum absolute atomic E-state index is 12.5. The van der Waals surface area contributed by atoms with Crippen LogP contribution in [0.5, 0.6) is 0 Å². The van der Waals surface area contributed by atoms with Gasteiger partial charge in [0.05, 0.1) is 0 Å². The number of halogens is 2. The smallest absolute Gasteiger partial charge is 0.213 e. The number of nitrogens with zero attached hydrogens (tertiary/aromatic N) is 1. The summed E-state index contributed by atoms with van der Waals surface area (Å²) in [6.07, 6.45) is 0.722. The first-order valence-electron chi connectivity index (χ1n) is 3.48. The van der Waals surface area contributed by atoms with Gasteiger partial charge in [-0.1, -0.05) is 13.0 Å². The summed E-state index contributed by atoms with van der Waals surface area (Å²) in [6.45, 7) is 1.93. The lowest BCUT2D eigenvalue weighted by Gasteiger charge is -2.01. The van der Waals surface area contributed by atoms with Gasteiger partial charge in [0, 0.05) is 11.6 Å². The Balaban J connectivity index is 3.06. The Morgan fingerprint density at radius 2 is 2.27 bits per heavy atom. The molecule has 1 aromatic rings. The summed E-state index contributed by atoms with van der Waals surface area (Å²) in [4.78, 5) is 3.71. The van der Waals surface area contributed by atoms with E-state index in [-0.39, 0.29) is 0 Å². The van der Waals surface area contributed by atoms with Crippen LogP contribution < -0.4 is 0 Å². The van der Waals surface area contributed by atoms with Gasteiger partial charge in [-0.05, 0) is 18.1 Å². The van der Waals surface area contributed by atoms with Gasteiger partial charge in [0.1, 0.15) is 0 Å². The van der Waals surface area contributed by atoms with Crippen LogP contribution in [0.3, 0.4) is 0 Å². The Labute approximate surface area is 70.2 Å². The fourth-order valence-electron chi connectivity index (χ4n) is 0.931. The van der Waals surface area contributed by atoms with Crippen molar-refractivity contribution in [1.29, 1.82) is 0 Å². The SMILES string of the molecule is CCc1nc(F)ccc1CCl. The Bertz CT molecular complexity index is 250. The molecule has 0 aliphatic rings. The van der Waals surface area contributed by atoms with Crippen molar-refractivity contribution in [2.45, 2.75) is 19.2 Å². The summed E-state index contributed by atoms with van der Waals surface area (Å²) >= 11 is 5.60. The van der Waals surface area contributed by atoms with E-state index < -0.39 is 5.95 Å². The molecule has 1 heterocycles. The van der Waals surface area contributed by atoms with Crippen LogP contribution in [0.15, 0.2) is 12.1 Å². The van der Waals surface area contributed by atoms with Crippen LogP contribution in [0, 0.1) is 5.95 Å². The molecule has 60 valence electrons. The van der Waals surface area contributed by atoms with E-state index in [0.29, 0.717) is 5.88 Å². The molecule has 0 aliphatic carbocycles. The fourth-order valence-corrected chi connectivity index (χ4v) is 1.17. The van der Waals surface area contributed by atoms with Crippen molar-refractivity contribution in [3.05, 3.63) is 29.3 Å². The van der Waals surface area contributed by atoms with Crippen molar-refractivity contribution in [2.75, 3.05) is 0 Å². The van der Waals surface area contributed by atoms with Crippen LogP contribution >= 0.6 is 11.6 Å². The number of pyridine rings is 1. The molecule has 0 aliphatic heterocycles. The quantitative estimate of drug-likeness (QED) is 0.495. The van der Waals surface area contributed by atoms with Crippen molar-refractivity contribution in [3.63, 3.8) is 0 Å². The number of aryl methyl sites for hydroxylation is 1. The zero-order valence-electron chi connectivity index (χ0n) is 6.27. The van der Waals surface area contributed by atoms with E-state index in [1.54, 1.807) is 6.07 Å². The van der Waals surface area contributed by atoms with E-state index in [2.05, 4.69) is 4.98 Å². The van der Waals surface area contributed by atoms with Crippen LogP contribution in [-0.4, -0.2) is 4.98 Å². The van der Waals surface area contributed by atoms with Gasteiger partial charge >= 0.3 is 0 Å². The number of rotatable bonds is 2. The third kappa shape index (κ3) is 1.90. The molecule has 1 rings (SSSR count). The molecule has 11 heavy (non-hydrogen) atoms. The summed E-state index contributed by atoms with van der Waals surface area (Å²) in [6, 6.07) is 3.00. The maximum atomic E-state index is 12.5. The fraction of sp³-hybridized carbons (Fsp3) is 0.375. The summed E-state index contributed by atoms with van der Waals surface area (Å²) in [7, 11) is 0. The Morgan fingerprint density at radius 1 is 1.55 bits per heavy atom. The van der Waals surface area contributed by atoms with Gasteiger partial charge < -0.3 is 0 Å². The minimum atomic E-state index is -0.435. The number of aromatic nitrogens is 1. The van der Waals surface area contributed by atoms with Crippen molar-refractivity contribution >= 4 is 11.6 Å². The molecule has 0 atom stereocenters. The number of alkyl halides is 1. The molecule has 1 aromatic heterocycles. The zero-order valence-corrected chi connectivity index (χ0v) is 7.03. The maximum Gasteiger partial charge on any atom is 0.213 e. The van der Waals surface area contributed by atoms with Crippen LogP contribution in [0.2, 0.25) is 0 Å². The lowest BCUT2D eigenvalue weighted by atomic mass is 10.2. The highest BCUT2D eigenvalue weighted by Gasteiger charge is 2.01. The molecule has 0 aromatic carbocycles. The first-order valence-corrected chi connectivity index (χ1v) is 4.01. The van der Waals surface area contributed by atoms with Gasteiger partial charge in [-0.15, -0.1) is 11.6 Å². The average molecular weight is 174 g/mol. The molecule has 0 radical (unpaired) electrons. The average Bonchev–Trinajstić information content (AvgIpc) is 2.04. The number of hydrogen-bond donors (Lipinski definition) is 0. The summed E-state index contributed by atoms with van der Waals surface area (Å²) in [5.74, 6) is -0.0353. The van der Waals surface area contributed by atoms with E-state index >= 15 is 0 Å².